The molecule has 0 radical (unpaired) electrons. The molecular weight excluding hydrogens is 158 g/mol. The van der Waals surface area contributed by atoms with Crippen molar-refractivity contribution in [2.75, 3.05) is 0 Å². The molecule has 0 unspecified atom stereocenters. The molecule has 9 nitrogen and oxygen atoms in total. The van der Waals surface area contributed by atoms with E-state index in [0.717, 1.165) is 0 Å². The second kappa shape index (κ2) is 7.85. The highest BCUT2D eigenvalue weighted by molar-refractivity contribution is 5.70. The summed E-state index contributed by atoms with van der Waals surface area (Å²) in [5.74, 6) is 0. The van der Waals surface area contributed by atoms with E-state index in [1.165, 1.54) is 0 Å². The van der Waals surface area contributed by atoms with Crippen molar-refractivity contribution in [3.8, 4) is 0 Å². The molecule has 0 aromatic heterocycles. The lowest BCUT2D eigenvalue weighted by molar-refractivity contribution is 0.194. The lowest BCUT2D eigenvalue weighted by Crippen LogP contribution is -1.87. The molecular formula is C2H3N5O4. The van der Waals surface area contributed by atoms with Crippen LogP contribution in [0, 0.1) is 5.53 Å². The highest BCUT2D eigenvalue weighted by Crippen LogP contribution is 1.76. The van der Waals surface area contributed by atoms with Crippen LogP contribution in [0.1, 0.15) is 0 Å². The van der Waals surface area contributed by atoms with Gasteiger partial charge in [-0.1, -0.05) is 10.2 Å². The van der Waals surface area contributed by atoms with Crippen LogP contribution >= 0.6 is 0 Å². The second-order valence-corrected chi connectivity index (χ2v) is 0.865. The molecule has 3 N–H and O–H groups in total. The normalized spacial score (nSPS) is 7.64. The standard InChI is InChI=1S/C2H2N2O4.HN3/c5-1(6)3-4-2(7)8;1-3-2/h(H,5,6)(H,7,8);1H. The molecule has 0 aromatic carbocycles. The molecule has 0 fully saturated rings. The molecule has 0 aliphatic rings. The van der Waals surface area contributed by atoms with Crippen molar-refractivity contribution < 1.29 is 19.8 Å². The first-order chi connectivity index (χ1) is 5.04. The van der Waals surface area contributed by atoms with Crippen molar-refractivity contribution in [3.05, 3.63) is 10.4 Å². The predicted molar refractivity (Wildman–Crippen MR) is 30.3 cm³/mol. The van der Waals surface area contributed by atoms with Crippen molar-refractivity contribution in [1.82, 2.24) is 0 Å². The molecule has 0 heterocycles. The lowest BCUT2D eigenvalue weighted by atomic mass is 11.2. The van der Waals surface area contributed by atoms with Crippen LogP contribution in [0.3, 0.4) is 0 Å². The summed E-state index contributed by atoms with van der Waals surface area (Å²) >= 11 is 0. The highest BCUT2D eigenvalue weighted by Gasteiger charge is 1.91. The monoisotopic (exact) mass is 161 g/mol. The van der Waals surface area contributed by atoms with E-state index < -0.39 is 12.2 Å². The van der Waals surface area contributed by atoms with Gasteiger partial charge in [0.1, 0.15) is 0 Å². The Bertz CT molecular complexity index is 187. The van der Waals surface area contributed by atoms with Crippen molar-refractivity contribution in [2.45, 2.75) is 0 Å². The summed E-state index contributed by atoms with van der Waals surface area (Å²) in [4.78, 5) is 20.5. The third-order valence-corrected chi connectivity index (χ3v) is 0.221. The minimum absolute atomic E-state index is 1.62. The molecule has 11 heavy (non-hydrogen) atoms. The Kier molecular flexibility index (Phi) is 8.29. The van der Waals surface area contributed by atoms with Gasteiger partial charge in [-0.05, 0) is 10.4 Å². The Hall–Kier alpha value is -2.15. The number of carboxylic acid groups (broad SMARTS) is 2. The van der Waals surface area contributed by atoms with Gasteiger partial charge < -0.3 is 10.2 Å². The van der Waals surface area contributed by atoms with Crippen LogP contribution in [0.15, 0.2) is 10.2 Å². The van der Waals surface area contributed by atoms with E-state index in [-0.39, 0.29) is 0 Å². The van der Waals surface area contributed by atoms with Gasteiger partial charge in [-0.25, -0.2) is 9.59 Å². The summed E-state index contributed by atoms with van der Waals surface area (Å²) in [6.45, 7) is 0. The summed E-state index contributed by atoms with van der Waals surface area (Å²) in [7, 11) is 0. The fourth-order valence-corrected chi connectivity index (χ4v) is 0.0855. The molecule has 0 aliphatic carbocycles. The van der Waals surface area contributed by atoms with Gasteiger partial charge in [-0.15, -0.1) is 5.53 Å². The quantitative estimate of drug-likeness (QED) is 0.280. The van der Waals surface area contributed by atoms with Gasteiger partial charge in [0.2, 0.25) is 0 Å². The fourth-order valence-electron chi connectivity index (χ4n) is 0.0855. The molecule has 0 spiro atoms. The summed E-state index contributed by atoms with van der Waals surface area (Å²) in [5, 5.41) is 19.8. The van der Waals surface area contributed by atoms with E-state index in [9.17, 15) is 9.59 Å². The Morgan fingerprint density at radius 1 is 1.27 bits per heavy atom. The van der Waals surface area contributed by atoms with Crippen LogP contribution in [-0.2, 0) is 0 Å². The minimum Gasteiger partial charge on any atom is -0.462 e. The average molecular weight is 161 g/mol. The van der Waals surface area contributed by atoms with Crippen LogP contribution in [-0.4, -0.2) is 22.4 Å². The smallest absolute Gasteiger partial charge is 0.450 e. The third kappa shape index (κ3) is 33.1. The molecule has 0 saturated carbocycles. The maximum atomic E-state index is 9.38. The van der Waals surface area contributed by atoms with E-state index in [2.05, 4.69) is 10.2 Å². The number of nitrogens with one attached hydrogen (secondary N) is 1. The average Bonchev–Trinajstić information content (AvgIpc) is 1.85. The summed E-state index contributed by atoms with van der Waals surface area (Å²) in [5.41, 5.74) is 12.2. The van der Waals surface area contributed by atoms with Gasteiger partial charge in [0.05, 0.1) is 0 Å². The van der Waals surface area contributed by atoms with Crippen LogP contribution in [0.4, 0.5) is 9.59 Å². The SMILES string of the molecule is O=C(O)N=NC(=O)O.[N-]=[N+]=N. The maximum absolute atomic E-state index is 9.38. The number of hydrogen-bond acceptors (Lipinski definition) is 3. The number of amides is 2. The number of nitrogens with zero attached hydrogens (tertiary/aromatic N) is 4. The Labute approximate surface area is 59.4 Å². The Balaban J connectivity index is 0. The highest BCUT2D eigenvalue weighted by atomic mass is 16.4. The zero-order chi connectivity index (χ0) is 9.28. The predicted octanol–water partition coefficient (Wildman–Crippen LogP) is 1.67. The molecule has 0 atom stereocenters. The van der Waals surface area contributed by atoms with Gasteiger partial charge in [0.15, 0.2) is 0 Å². The van der Waals surface area contributed by atoms with E-state index in [0.29, 0.717) is 0 Å². The van der Waals surface area contributed by atoms with Crippen LogP contribution in [0.2, 0.25) is 0 Å². The lowest BCUT2D eigenvalue weighted by Gasteiger charge is -1.72. The van der Waals surface area contributed by atoms with Gasteiger partial charge in [-0.2, -0.15) is 0 Å². The van der Waals surface area contributed by atoms with E-state index >= 15 is 0 Å². The van der Waals surface area contributed by atoms with Crippen molar-refractivity contribution in [2.24, 2.45) is 10.2 Å². The van der Waals surface area contributed by atoms with Crippen LogP contribution in [0.25, 0.3) is 10.4 Å². The zero-order valence-electron chi connectivity index (χ0n) is 5.00. The number of hydrogen-bond donors (Lipinski definition) is 3. The maximum Gasteiger partial charge on any atom is 0.450 e. The molecule has 9 heteroatoms. The second-order valence-electron chi connectivity index (χ2n) is 0.865. The first-order valence-corrected chi connectivity index (χ1v) is 1.93. The van der Waals surface area contributed by atoms with Crippen molar-refractivity contribution in [3.63, 3.8) is 0 Å². The van der Waals surface area contributed by atoms with Crippen LogP contribution in [0.5, 0.6) is 0 Å². The van der Waals surface area contributed by atoms with Crippen LogP contribution < -0.4 is 0 Å². The number of rotatable bonds is 0. The zero-order valence-corrected chi connectivity index (χ0v) is 5.00. The van der Waals surface area contributed by atoms with Gasteiger partial charge in [0.25, 0.3) is 0 Å². The number of azo groups is 1. The molecule has 60 valence electrons. The fraction of sp³-hybridized carbons (Fsp3) is 0. The summed E-state index contributed by atoms with van der Waals surface area (Å²) in [6.07, 6.45) is -3.24. The summed E-state index contributed by atoms with van der Waals surface area (Å²) < 4.78 is 0. The van der Waals surface area contributed by atoms with E-state index in [1.54, 1.807) is 4.91 Å². The van der Waals surface area contributed by atoms with Crippen molar-refractivity contribution >= 4 is 12.2 Å². The minimum atomic E-state index is -1.62. The Morgan fingerprint density at radius 3 is 1.55 bits per heavy atom. The van der Waals surface area contributed by atoms with E-state index in [4.69, 9.17) is 21.3 Å². The third-order valence-electron chi connectivity index (χ3n) is 0.221. The van der Waals surface area contributed by atoms with Gasteiger partial charge in [0, 0.05) is 0 Å². The molecule has 0 aliphatic heterocycles. The molecule has 0 bridgehead atoms. The van der Waals surface area contributed by atoms with Gasteiger partial charge in [-0.3, -0.25) is 0 Å². The Morgan fingerprint density at radius 2 is 1.45 bits per heavy atom. The first-order valence-electron chi connectivity index (χ1n) is 1.93. The molecule has 0 aromatic rings. The largest absolute Gasteiger partial charge is 0.462 e. The van der Waals surface area contributed by atoms with Gasteiger partial charge >= 0.3 is 12.2 Å². The molecule has 0 saturated heterocycles. The first kappa shape index (κ1) is 11.6. The number of carbonyl (C=O) groups is 2. The molecule has 0 rings (SSSR count). The molecule has 2 amide bonds. The summed E-state index contributed by atoms with van der Waals surface area (Å²) in [6, 6.07) is 0. The van der Waals surface area contributed by atoms with Crippen molar-refractivity contribution in [1.29, 1.82) is 5.53 Å². The topological polar surface area (TPSA) is 160 Å². The van der Waals surface area contributed by atoms with E-state index in [1.807, 2.05) is 0 Å².